The van der Waals surface area contributed by atoms with Crippen molar-refractivity contribution < 1.29 is 9.72 Å². The molecule has 130 valence electrons. The molecule has 1 fully saturated rings. The molecule has 1 aliphatic heterocycles. The van der Waals surface area contributed by atoms with Crippen molar-refractivity contribution in [3.05, 3.63) is 63.8 Å². The molecule has 2 heterocycles. The number of hydrogen-bond donors (Lipinski definition) is 1. The van der Waals surface area contributed by atoms with Gasteiger partial charge in [-0.15, -0.1) is 0 Å². The molecule has 7 heteroatoms. The molecule has 2 aromatic rings. The lowest BCUT2D eigenvalue weighted by Crippen LogP contribution is -2.36. The summed E-state index contributed by atoms with van der Waals surface area (Å²) in [5.41, 5.74) is 1.10. The van der Waals surface area contributed by atoms with E-state index in [1.54, 1.807) is 36.5 Å². The zero-order valence-corrected chi connectivity index (χ0v) is 13.9. The van der Waals surface area contributed by atoms with Crippen LogP contribution >= 0.6 is 0 Å². The second-order valence-corrected chi connectivity index (χ2v) is 5.99. The first-order chi connectivity index (χ1) is 12.2. The van der Waals surface area contributed by atoms with E-state index >= 15 is 0 Å². The summed E-state index contributed by atoms with van der Waals surface area (Å²) in [7, 11) is 0. The van der Waals surface area contributed by atoms with Gasteiger partial charge in [0, 0.05) is 37.5 Å². The molecule has 0 saturated carbocycles. The van der Waals surface area contributed by atoms with Crippen molar-refractivity contribution in [1.29, 1.82) is 0 Å². The van der Waals surface area contributed by atoms with Gasteiger partial charge < -0.3 is 10.2 Å². The molecule has 0 atom stereocenters. The van der Waals surface area contributed by atoms with Gasteiger partial charge in [0.15, 0.2) is 0 Å². The summed E-state index contributed by atoms with van der Waals surface area (Å²) in [5, 5.41) is 14.2. The molecule has 3 rings (SSSR count). The standard InChI is InChI=1S/C18H20N4O3/c23-18(21-11-4-1-5-12-21)15-8-6-10-19-17(15)20-13-14-7-2-3-9-16(14)22(24)25/h2-3,6-10H,1,4-5,11-13H2,(H,19,20). The Morgan fingerprint density at radius 1 is 1.16 bits per heavy atom. The summed E-state index contributed by atoms with van der Waals surface area (Å²) < 4.78 is 0. The highest BCUT2D eigenvalue weighted by molar-refractivity contribution is 5.98. The van der Waals surface area contributed by atoms with Gasteiger partial charge in [-0.3, -0.25) is 14.9 Å². The second kappa shape index (κ2) is 7.74. The van der Waals surface area contributed by atoms with Crippen molar-refractivity contribution in [3.8, 4) is 0 Å². The fraction of sp³-hybridized carbons (Fsp3) is 0.333. The van der Waals surface area contributed by atoms with Gasteiger partial charge in [-0.1, -0.05) is 18.2 Å². The highest BCUT2D eigenvalue weighted by atomic mass is 16.6. The van der Waals surface area contributed by atoms with E-state index in [1.165, 1.54) is 6.07 Å². The molecule has 1 aromatic carbocycles. The maximum absolute atomic E-state index is 12.7. The predicted octanol–water partition coefficient (Wildman–Crippen LogP) is 3.23. The third kappa shape index (κ3) is 3.93. The Morgan fingerprint density at radius 3 is 2.68 bits per heavy atom. The minimum atomic E-state index is -0.408. The number of likely N-dealkylation sites (tertiary alicyclic amines) is 1. The number of nitro groups is 1. The molecular weight excluding hydrogens is 320 g/mol. The number of para-hydroxylation sites is 1. The number of rotatable bonds is 5. The number of benzene rings is 1. The van der Waals surface area contributed by atoms with E-state index < -0.39 is 4.92 Å². The number of amides is 1. The SMILES string of the molecule is O=C(c1cccnc1NCc1ccccc1[N+](=O)[O-])N1CCCCC1. The highest BCUT2D eigenvalue weighted by Gasteiger charge is 2.21. The number of aromatic nitrogens is 1. The quantitative estimate of drug-likeness (QED) is 0.667. The Labute approximate surface area is 145 Å². The number of nitro benzene ring substituents is 1. The summed E-state index contributed by atoms with van der Waals surface area (Å²) in [4.78, 5) is 29.6. The smallest absolute Gasteiger partial charge is 0.274 e. The monoisotopic (exact) mass is 340 g/mol. The molecule has 1 aromatic heterocycles. The van der Waals surface area contributed by atoms with Crippen LogP contribution in [-0.2, 0) is 6.54 Å². The van der Waals surface area contributed by atoms with Gasteiger partial charge in [-0.25, -0.2) is 4.98 Å². The molecule has 1 saturated heterocycles. The third-order valence-electron chi connectivity index (χ3n) is 4.32. The average molecular weight is 340 g/mol. The molecule has 0 unspecified atom stereocenters. The molecule has 7 nitrogen and oxygen atoms in total. The Kier molecular flexibility index (Phi) is 5.23. The Morgan fingerprint density at radius 2 is 1.92 bits per heavy atom. The van der Waals surface area contributed by atoms with Crippen molar-refractivity contribution in [2.45, 2.75) is 25.8 Å². The van der Waals surface area contributed by atoms with Crippen LogP contribution < -0.4 is 5.32 Å². The molecule has 1 N–H and O–H groups in total. The number of carbonyl (C=O) groups is 1. The largest absolute Gasteiger partial charge is 0.365 e. The lowest BCUT2D eigenvalue weighted by molar-refractivity contribution is -0.385. The van der Waals surface area contributed by atoms with Crippen LogP contribution in [0.4, 0.5) is 11.5 Å². The normalized spacial score (nSPS) is 14.2. The van der Waals surface area contributed by atoms with Gasteiger partial charge in [0.05, 0.1) is 10.5 Å². The summed E-state index contributed by atoms with van der Waals surface area (Å²) in [6.07, 6.45) is 4.80. The van der Waals surface area contributed by atoms with Crippen molar-refractivity contribution in [3.63, 3.8) is 0 Å². The van der Waals surface area contributed by atoms with E-state index in [1.807, 2.05) is 4.90 Å². The fourth-order valence-electron chi connectivity index (χ4n) is 3.00. The number of nitrogens with one attached hydrogen (secondary N) is 1. The third-order valence-corrected chi connectivity index (χ3v) is 4.32. The van der Waals surface area contributed by atoms with Crippen LogP contribution in [0.15, 0.2) is 42.6 Å². The average Bonchev–Trinajstić information content (AvgIpc) is 2.67. The molecule has 0 spiro atoms. The van der Waals surface area contributed by atoms with Gasteiger partial charge in [-0.2, -0.15) is 0 Å². The lowest BCUT2D eigenvalue weighted by Gasteiger charge is -2.27. The first kappa shape index (κ1) is 16.9. The van der Waals surface area contributed by atoms with E-state index in [-0.39, 0.29) is 18.1 Å². The zero-order valence-electron chi connectivity index (χ0n) is 13.9. The molecule has 25 heavy (non-hydrogen) atoms. The van der Waals surface area contributed by atoms with E-state index in [4.69, 9.17) is 0 Å². The molecule has 1 aliphatic rings. The van der Waals surface area contributed by atoms with E-state index in [2.05, 4.69) is 10.3 Å². The van der Waals surface area contributed by atoms with Crippen molar-refractivity contribution in [1.82, 2.24) is 9.88 Å². The van der Waals surface area contributed by atoms with Crippen LogP contribution in [0, 0.1) is 10.1 Å². The van der Waals surface area contributed by atoms with Crippen LogP contribution in [0.1, 0.15) is 35.2 Å². The van der Waals surface area contributed by atoms with E-state index in [0.717, 1.165) is 32.4 Å². The van der Waals surface area contributed by atoms with Crippen LogP contribution in [0.5, 0.6) is 0 Å². The minimum Gasteiger partial charge on any atom is -0.365 e. The van der Waals surface area contributed by atoms with Crippen LogP contribution in [0.3, 0.4) is 0 Å². The number of nitrogens with zero attached hydrogens (tertiary/aromatic N) is 3. The predicted molar refractivity (Wildman–Crippen MR) is 94.4 cm³/mol. The Bertz CT molecular complexity index is 772. The Balaban J connectivity index is 1.78. The summed E-state index contributed by atoms with van der Waals surface area (Å²) >= 11 is 0. The fourth-order valence-corrected chi connectivity index (χ4v) is 3.00. The van der Waals surface area contributed by atoms with Crippen LogP contribution in [0.25, 0.3) is 0 Å². The van der Waals surface area contributed by atoms with Crippen molar-refractivity contribution in [2.75, 3.05) is 18.4 Å². The zero-order chi connectivity index (χ0) is 17.6. The first-order valence-electron chi connectivity index (χ1n) is 8.37. The lowest BCUT2D eigenvalue weighted by atomic mass is 10.1. The maximum Gasteiger partial charge on any atom is 0.274 e. The number of hydrogen-bond acceptors (Lipinski definition) is 5. The number of piperidine rings is 1. The first-order valence-corrected chi connectivity index (χ1v) is 8.37. The minimum absolute atomic E-state index is 0.0436. The molecule has 0 bridgehead atoms. The summed E-state index contributed by atoms with van der Waals surface area (Å²) in [5.74, 6) is 0.411. The van der Waals surface area contributed by atoms with Gasteiger partial charge in [0.2, 0.25) is 0 Å². The van der Waals surface area contributed by atoms with Gasteiger partial charge in [-0.05, 0) is 31.4 Å². The van der Waals surface area contributed by atoms with Gasteiger partial charge >= 0.3 is 0 Å². The number of pyridine rings is 1. The van der Waals surface area contributed by atoms with E-state index in [0.29, 0.717) is 16.9 Å². The number of anilines is 1. The molecule has 0 radical (unpaired) electrons. The summed E-state index contributed by atoms with van der Waals surface area (Å²) in [6, 6.07) is 10.0. The molecular formula is C18H20N4O3. The Hall–Kier alpha value is -2.96. The summed E-state index contributed by atoms with van der Waals surface area (Å²) in [6.45, 7) is 1.75. The number of carbonyl (C=O) groups excluding carboxylic acids is 1. The van der Waals surface area contributed by atoms with E-state index in [9.17, 15) is 14.9 Å². The van der Waals surface area contributed by atoms with Crippen LogP contribution in [-0.4, -0.2) is 33.8 Å². The highest BCUT2D eigenvalue weighted by Crippen LogP contribution is 2.21. The van der Waals surface area contributed by atoms with Gasteiger partial charge in [0.1, 0.15) is 5.82 Å². The maximum atomic E-state index is 12.7. The molecule has 0 aliphatic carbocycles. The van der Waals surface area contributed by atoms with Crippen molar-refractivity contribution >= 4 is 17.4 Å². The molecule has 1 amide bonds. The van der Waals surface area contributed by atoms with Crippen molar-refractivity contribution in [2.24, 2.45) is 0 Å². The van der Waals surface area contributed by atoms with Crippen LogP contribution in [0.2, 0.25) is 0 Å². The van der Waals surface area contributed by atoms with Gasteiger partial charge in [0.25, 0.3) is 11.6 Å². The second-order valence-electron chi connectivity index (χ2n) is 5.99. The topological polar surface area (TPSA) is 88.4 Å².